The van der Waals surface area contributed by atoms with Crippen LogP contribution >= 0.6 is 0 Å². The highest BCUT2D eigenvalue weighted by molar-refractivity contribution is 7.85. The van der Waals surface area contributed by atoms with Crippen LogP contribution in [0.3, 0.4) is 0 Å². The molecule has 0 bridgehead atoms. The lowest BCUT2D eigenvalue weighted by Gasteiger charge is -2.07. The number of benzene rings is 1. The lowest BCUT2D eigenvalue weighted by Crippen LogP contribution is -2.03. The summed E-state index contributed by atoms with van der Waals surface area (Å²) in [5.41, 5.74) is 6.38. The maximum Gasteiger partial charge on any atom is 0.120 e. The van der Waals surface area contributed by atoms with Gasteiger partial charge in [-0.2, -0.15) is 0 Å². The number of ether oxygens (including phenoxy) is 1. The van der Waals surface area contributed by atoms with E-state index in [1.165, 1.54) is 12.8 Å². The highest BCUT2D eigenvalue weighted by Gasteiger charge is 2.25. The zero-order valence-corrected chi connectivity index (χ0v) is 9.55. The van der Waals surface area contributed by atoms with E-state index in [1.807, 2.05) is 0 Å². The highest BCUT2D eigenvalue weighted by atomic mass is 32.2. The van der Waals surface area contributed by atoms with Crippen molar-refractivity contribution < 1.29 is 8.95 Å². The van der Waals surface area contributed by atoms with Gasteiger partial charge >= 0.3 is 0 Å². The van der Waals surface area contributed by atoms with Gasteiger partial charge in [-0.05, 0) is 37.0 Å². The normalized spacial score (nSPS) is 17.4. The molecule has 0 amide bonds. The van der Waals surface area contributed by atoms with E-state index in [4.69, 9.17) is 10.5 Å². The summed E-state index contributed by atoms with van der Waals surface area (Å²) in [6.07, 6.45) is 2.41. The fourth-order valence-corrected chi connectivity index (χ4v) is 2.95. The molecule has 1 aliphatic carbocycles. The third-order valence-electron chi connectivity index (χ3n) is 2.55. The maximum absolute atomic E-state index is 12.0. The van der Waals surface area contributed by atoms with Crippen LogP contribution in [-0.2, 0) is 10.8 Å². The fourth-order valence-electron chi connectivity index (χ4n) is 1.43. The minimum Gasteiger partial charge on any atom is -0.497 e. The summed E-state index contributed by atoms with van der Waals surface area (Å²) >= 11 is 0. The van der Waals surface area contributed by atoms with Gasteiger partial charge in [-0.1, -0.05) is 0 Å². The summed E-state index contributed by atoms with van der Waals surface area (Å²) in [5, 5.41) is 0. The van der Waals surface area contributed by atoms with E-state index >= 15 is 0 Å². The predicted octanol–water partition coefficient (Wildman–Crippen LogP) is 1.79. The summed E-state index contributed by atoms with van der Waals surface area (Å²) in [6.45, 7) is 0. The number of methoxy groups -OCH3 is 1. The smallest absolute Gasteiger partial charge is 0.120 e. The zero-order chi connectivity index (χ0) is 10.8. The number of anilines is 1. The van der Waals surface area contributed by atoms with Gasteiger partial charge in [0.2, 0.25) is 0 Å². The fraction of sp³-hybridized carbons (Fsp3) is 0.455. The number of hydrogen-bond acceptors (Lipinski definition) is 3. The molecule has 0 saturated heterocycles. The summed E-state index contributed by atoms with van der Waals surface area (Å²) < 4.78 is 17.1. The van der Waals surface area contributed by atoms with Crippen molar-refractivity contribution in [3.05, 3.63) is 18.2 Å². The van der Waals surface area contributed by atoms with Gasteiger partial charge in [0.25, 0.3) is 0 Å². The van der Waals surface area contributed by atoms with Crippen LogP contribution in [-0.4, -0.2) is 17.1 Å². The van der Waals surface area contributed by atoms with Crippen LogP contribution in [0, 0.1) is 5.92 Å². The second-order valence-electron chi connectivity index (χ2n) is 3.86. The molecule has 0 aliphatic heterocycles. The van der Waals surface area contributed by atoms with Crippen molar-refractivity contribution in [2.75, 3.05) is 18.6 Å². The standard InChI is InChI=1S/C11H15NO2S/c1-14-9-4-5-10(12)11(6-9)15(13)7-8-2-3-8/h4-6,8H,2-3,7,12H2,1H3. The van der Waals surface area contributed by atoms with Gasteiger partial charge in [-0.15, -0.1) is 0 Å². The average Bonchev–Trinajstić information content (AvgIpc) is 3.02. The Hall–Kier alpha value is -1.03. The van der Waals surface area contributed by atoms with Crippen LogP contribution in [0.5, 0.6) is 5.75 Å². The monoisotopic (exact) mass is 225 g/mol. The molecule has 0 radical (unpaired) electrons. The Morgan fingerprint density at radius 2 is 2.27 bits per heavy atom. The van der Waals surface area contributed by atoms with Crippen molar-refractivity contribution >= 4 is 16.5 Å². The summed E-state index contributed by atoms with van der Waals surface area (Å²) in [5.74, 6) is 2.08. The first kappa shape index (κ1) is 10.5. The van der Waals surface area contributed by atoms with E-state index in [2.05, 4.69) is 0 Å². The molecule has 0 heterocycles. The zero-order valence-electron chi connectivity index (χ0n) is 8.73. The van der Waals surface area contributed by atoms with Crippen LogP contribution in [0.4, 0.5) is 5.69 Å². The van der Waals surface area contributed by atoms with Crippen molar-refractivity contribution in [2.45, 2.75) is 17.7 Å². The molecule has 3 nitrogen and oxygen atoms in total. The first-order valence-electron chi connectivity index (χ1n) is 5.02. The molecule has 1 aliphatic rings. The van der Waals surface area contributed by atoms with Crippen LogP contribution in [0.1, 0.15) is 12.8 Å². The number of nitrogen functional groups attached to an aromatic ring is 1. The number of hydrogen-bond donors (Lipinski definition) is 1. The number of nitrogens with two attached hydrogens (primary N) is 1. The molecule has 4 heteroatoms. The molecule has 1 aromatic carbocycles. The molecule has 1 aromatic rings. The second kappa shape index (κ2) is 4.23. The molecule has 1 unspecified atom stereocenters. The van der Waals surface area contributed by atoms with Crippen molar-refractivity contribution in [3.63, 3.8) is 0 Å². The molecule has 2 rings (SSSR count). The third kappa shape index (κ3) is 2.50. The van der Waals surface area contributed by atoms with Crippen LogP contribution in [0.2, 0.25) is 0 Å². The van der Waals surface area contributed by atoms with Crippen LogP contribution in [0.15, 0.2) is 23.1 Å². The van der Waals surface area contributed by atoms with Gasteiger partial charge < -0.3 is 10.5 Å². The largest absolute Gasteiger partial charge is 0.497 e. The molecule has 0 aromatic heterocycles. The van der Waals surface area contributed by atoms with E-state index in [0.717, 1.165) is 5.75 Å². The van der Waals surface area contributed by atoms with Crippen molar-refractivity contribution in [1.29, 1.82) is 0 Å². The molecule has 2 N–H and O–H groups in total. The molecule has 1 atom stereocenters. The van der Waals surface area contributed by atoms with Gasteiger partial charge in [0.15, 0.2) is 0 Å². The van der Waals surface area contributed by atoms with E-state index in [1.54, 1.807) is 25.3 Å². The molecule has 1 saturated carbocycles. The summed E-state index contributed by atoms with van der Waals surface area (Å²) in [7, 11) is 0.617. The van der Waals surface area contributed by atoms with E-state index in [-0.39, 0.29) is 0 Å². The van der Waals surface area contributed by atoms with Crippen molar-refractivity contribution in [1.82, 2.24) is 0 Å². The Labute approximate surface area is 92.1 Å². The predicted molar refractivity (Wildman–Crippen MR) is 61.4 cm³/mol. The van der Waals surface area contributed by atoms with Gasteiger partial charge in [-0.3, -0.25) is 4.21 Å². The molecule has 82 valence electrons. The highest BCUT2D eigenvalue weighted by Crippen LogP contribution is 2.32. The van der Waals surface area contributed by atoms with E-state index in [0.29, 0.717) is 22.3 Å². The Kier molecular flexibility index (Phi) is 2.95. The Morgan fingerprint density at radius 1 is 1.53 bits per heavy atom. The maximum atomic E-state index is 12.0. The van der Waals surface area contributed by atoms with Crippen LogP contribution in [0.25, 0.3) is 0 Å². The van der Waals surface area contributed by atoms with Gasteiger partial charge in [-0.25, -0.2) is 0 Å². The second-order valence-corrected chi connectivity index (χ2v) is 5.32. The Balaban J connectivity index is 2.20. The van der Waals surface area contributed by atoms with Gasteiger partial charge in [0, 0.05) is 11.4 Å². The van der Waals surface area contributed by atoms with Crippen molar-refractivity contribution in [2.24, 2.45) is 5.92 Å². The van der Waals surface area contributed by atoms with Gasteiger partial charge in [0.1, 0.15) is 5.75 Å². The summed E-state index contributed by atoms with van der Waals surface area (Å²) in [4.78, 5) is 0.709. The minimum absolute atomic E-state index is 0.592. The Bertz CT molecular complexity index is 388. The van der Waals surface area contributed by atoms with E-state index < -0.39 is 10.8 Å². The molecular formula is C11H15NO2S. The molecule has 1 fully saturated rings. The van der Waals surface area contributed by atoms with Crippen molar-refractivity contribution in [3.8, 4) is 5.75 Å². The van der Waals surface area contributed by atoms with Gasteiger partial charge in [0.05, 0.1) is 22.8 Å². The first-order chi connectivity index (χ1) is 7.20. The topological polar surface area (TPSA) is 52.3 Å². The quantitative estimate of drug-likeness (QED) is 0.795. The lowest BCUT2D eigenvalue weighted by molar-refractivity contribution is 0.413. The third-order valence-corrected chi connectivity index (χ3v) is 4.17. The lowest BCUT2D eigenvalue weighted by atomic mass is 10.3. The first-order valence-corrected chi connectivity index (χ1v) is 6.34. The molecule has 15 heavy (non-hydrogen) atoms. The van der Waals surface area contributed by atoms with Crippen LogP contribution < -0.4 is 10.5 Å². The van der Waals surface area contributed by atoms with E-state index in [9.17, 15) is 4.21 Å². The average molecular weight is 225 g/mol. The minimum atomic E-state index is -0.979. The number of rotatable bonds is 4. The SMILES string of the molecule is COc1ccc(N)c(S(=O)CC2CC2)c1. The summed E-state index contributed by atoms with van der Waals surface area (Å²) in [6, 6.07) is 5.31. The Morgan fingerprint density at radius 3 is 2.87 bits per heavy atom. The molecular weight excluding hydrogens is 210 g/mol. The molecule has 0 spiro atoms.